The van der Waals surface area contributed by atoms with Crippen molar-refractivity contribution in [3.63, 3.8) is 0 Å². The highest BCUT2D eigenvalue weighted by atomic mass is 35.5. The zero-order valence-corrected chi connectivity index (χ0v) is 8.02. The Morgan fingerprint density at radius 3 is 3.00 bits per heavy atom. The van der Waals surface area contributed by atoms with Crippen molar-refractivity contribution in [1.29, 1.82) is 0 Å². The van der Waals surface area contributed by atoms with Gasteiger partial charge in [-0.2, -0.15) is 0 Å². The predicted octanol–water partition coefficient (Wildman–Crippen LogP) is 2.36. The van der Waals surface area contributed by atoms with E-state index in [1.54, 1.807) is 6.07 Å². The fourth-order valence-electron chi connectivity index (χ4n) is 1.47. The van der Waals surface area contributed by atoms with E-state index < -0.39 is 0 Å². The molecule has 68 valence electrons. The van der Waals surface area contributed by atoms with Gasteiger partial charge < -0.3 is 4.74 Å². The minimum Gasteiger partial charge on any atom is -0.462 e. The van der Waals surface area contributed by atoms with Crippen LogP contribution in [0.15, 0.2) is 12.1 Å². The number of hydrogen-bond acceptors (Lipinski definition) is 2. The summed E-state index contributed by atoms with van der Waals surface area (Å²) in [6.07, 6.45) is 0.791. The van der Waals surface area contributed by atoms with Crippen LogP contribution in [-0.2, 0) is 11.2 Å². The Balaban J connectivity index is 2.58. The van der Waals surface area contributed by atoms with Gasteiger partial charge in [0.05, 0.1) is 12.2 Å². The molecule has 1 aliphatic rings. The second-order valence-electron chi connectivity index (χ2n) is 3.14. The van der Waals surface area contributed by atoms with Gasteiger partial charge in [0.15, 0.2) is 0 Å². The molecular weight excluding hydrogens is 188 g/mol. The Hall–Kier alpha value is -1.02. The highest BCUT2D eigenvalue weighted by Crippen LogP contribution is 2.24. The number of carbonyl (C=O) groups is 1. The van der Waals surface area contributed by atoms with E-state index in [9.17, 15) is 4.79 Å². The van der Waals surface area contributed by atoms with E-state index in [0.29, 0.717) is 17.2 Å². The molecule has 1 aliphatic heterocycles. The number of rotatable bonds is 0. The Kier molecular flexibility index (Phi) is 2.00. The third kappa shape index (κ3) is 1.42. The van der Waals surface area contributed by atoms with Crippen LogP contribution < -0.4 is 0 Å². The first-order valence-corrected chi connectivity index (χ1v) is 4.52. The molecule has 0 N–H and O–H groups in total. The zero-order chi connectivity index (χ0) is 9.42. The number of fused-ring (bicyclic) bond motifs is 1. The van der Waals surface area contributed by atoms with E-state index in [4.69, 9.17) is 16.3 Å². The molecule has 0 saturated heterocycles. The van der Waals surface area contributed by atoms with Crippen molar-refractivity contribution in [3.8, 4) is 0 Å². The summed E-state index contributed by atoms with van der Waals surface area (Å²) in [5.41, 5.74) is 2.66. The summed E-state index contributed by atoms with van der Waals surface area (Å²) < 4.78 is 4.90. The first-order valence-electron chi connectivity index (χ1n) is 4.14. The third-order valence-electron chi connectivity index (χ3n) is 2.21. The fourth-order valence-corrected chi connectivity index (χ4v) is 1.63. The van der Waals surface area contributed by atoms with Crippen molar-refractivity contribution >= 4 is 17.6 Å². The third-order valence-corrected chi connectivity index (χ3v) is 2.62. The van der Waals surface area contributed by atoms with Crippen molar-refractivity contribution in [2.24, 2.45) is 0 Å². The fraction of sp³-hybridized carbons (Fsp3) is 0.300. The molecule has 0 aromatic heterocycles. The molecule has 1 heterocycles. The molecule has 0 spiro atoms. The quantitative estimate of drug-likeness (QED) is 0.596. The summed E-state index contributed by atoms with van der Waals surface area (Å²) in [7, 11) is 0. The predicted molar refractivity (Wildman–Crippen MR) is 50.2 cm³/mol. The molecular formula is C10H9ClO2. The molecule has 2 rings (SSSR count). The van der Waals surface area contributed by atoms with Gasteiger partial charge in [-0.25, -0.2) is 4.79 Å². The monoisotopic (exact) mass is 196 g/mol. The van der Waals surface area contributed by atoms with Gasteiger partial charge in [0, 0.05) is 11.4 Å². The smallest absolute Gasteiger partial charge is 0.338 e. The van der Waals surface area contributed by atoms with Crippen molar-refractivity contribution in [3.05, 3.63) is 33.8 Å². The maximum absolute atomic E-state index is 11.3. The minimum atomic E-state index is -0.261. The Morgan fingerprint density at radius 1 is 1.46 bits per heavy atom. The van der Waals surface area contributed by atoms with Crippen LogP contribution in [0.5, 0.6) is 0 Å². The molecule has 3 heteroatoms. The van der Waals surface area contributed by atoms with Gasteiger partial charge in [-0.05, 0) is 24.1 Å². The summed E-state index contributed by atoms with van der Waals surface area (Å²) >= 11 is 5.90. The van der Waals surface area contributed by atoms with E-state index in [0.717, 1.165) is 17.5 Å². The summed E-state index contributed by atoms with van der Waals surface area (Å²) in [5.74, 6) is -0.261. The lowest BCUT2D eigenvalue weighted by Crippen LogP contribution is -2.17. The van der Waals surface area contributed by atoms with Crippen LogP contribution in [0, 0.1) is 6.92 Å². The van der Waals surface area contributed by atoms with Crippen LogP contribution in [0.4, 0.5) is 0 Å². The molecule has 0 aliphatic carbocycles. The van der Waals surface area contributed by atoms with Crippen LogP contribution in [0.1, 0.15) is 21.5 Å². The van der Waals surface area contributed by atoms with Gasteiger partial charge in [-0.15, -0.1) is 0 Å². The number of carbonyl (C=O) groups excluding carboxylic acids is 1. The molecule has 0 atom stereocenters. The first kappa shape index (κ1) is 8.57. The Bertz CT molecular complexity index is 371. The molecule has 1 aromatic carbocycles. The Morgan fingerprint density at radius 2 is 2.23 bits per heavy atom. The van der Waals surface area contributed by atoms with Gasteiger partial charge in [-0.3, -0.25) is 0 Å². The standard InChI is InChI=1S/C10H9ClO2/c1-6-4-7-2-3-13-10(12)8(7)5-9(6)11/h4-5H,2-3H2,1H3. The lowest BCUT2D eigenvalue weighted by molar-refractivity contribution is 0.0480. The number of esters is 1. The van der Waals surface area contributed by atoms with Gasteiger partial charge in [0.25, 0.3) is 0 Å². The maximum atomic E-state index is 11.3. The number of aryl methyl sites for hydroxylation is 1. The summed E-state index contributed by atoms with van der Waals surface area (Å²) in [6.45, 7) is 2.41. The summed E-state index contributed by atoms with van der Waals surface area (Å²) in [5, 5.41) is 0.623. The first-order chi connectivity index (χ1) is 6.18. The largest absolute Gasteiger partial charge is 0.462 e. The molecule has 0 amide bonds. The number of hydrogen-bond donors (Lipinski definition) is 0. The normalized spacial score (nSPS) is 15.1. The summed E-state index contributed by atoms with van der Waals surface area (Å²) in [4.78, 5) is 11.3. The molecule has 1 aromatic rings. The number of benzene rings is 1. The van der Waals surface area contributed by atoms with E-state index in [2.05, 4.69) is 0 Å². The second-order valence-corrected chi connectivity index (χ2v) is 3.55. The Labute approximate surface area is 81.5 Å². The topological polar surface area (TPSA) is 26.3 Å². The average Bonchev–Trinajstić information content (AvgIpc) is 2.09. The van der Waals surface area contributed by atoms with Crippen LogP contribution in [0.3, 0.4) is 0 Å². The molecule has 0 fully saturated rings. The van der Waals surface area contributed by atoms with Gasteiger partial charge in [-0.1, -0.05) is 17.7 Å². The molecule has 0 radical (unpaired) electrons. The van der Waals surface area contributed by atoms with Gasteiger partial charge in [0.1, 0.15) is 0 Å². The van der Waals surface area contributed by atoms with Crippen molar-refractivity contribution < 1.29 is 9.53 Å². The number of halogens is 1. The second kappa shape index (κ2) is 3.04. The summed E-state index contributed by atoms with van der Waals surface area (Å²) in [6, 6.07) is 3.64. The minimum absolute atomic E-state index is 0.261. The van der Waals surface area contributed by atoms with Crippen LogP contribution in [0.25, 0.3) is 0 Å². The van der Waals surface area contributed by atoms with Crippen LogP contribution in [-0.4, -0.2) is 12.6 Å². The molecule has 13 heavy (non-hydrogen) atoms. The van der Waals surface area contributed by atoms with Crippen molar-refractivity contribution in [2.75, 3.05) is 6.61 Å². The van der Waals surface area contributed by atoms with E-state index in [1.807, 2.05) is 13.0 Å². The lowest BCUT2D eigenvalue weighted by atomic mass is 10.0. The number of cyclic esters (lactones) is 1. The SMILES string of the molecule is Cc1cc2c(cc1Cl)C(=O)OCC2. The maximum Gasteiger partial charge on any atom is 0.338 e. The van der Waals surface area contributed by atoms with Crippen molar-refractivity contribution in [2.45, 2.75) is 13.3 Å². The highest BCUT2D eigenvalue weighted by Gasteiger charge is 2.19. The number of ether oxygens (including phenoxy) is 1. The molecule has 0 saturated carbocycles. The average molecular weight is 197 g/mol. The van der Waals surface area contributed by atoms with E-state index in [1.165, 1.54) is 0 Å². The molecule has 0 unspecified atom stereocenters. The zero-order valence-electron chi connectivity index (χ0n) is 7.26. The van der Waals surface area contributed by atoms with Crippen LogP contribution >= 0.6 is 11.6 Å². The molecule has 2 nitrogen and oxygen atoms in total. The molecule has 0 bridgehead atoms. The lowest BCUT2D eigenvalue weighted by Gasteiger charge is -2.16. The van der Waals surface area contributed by atoms with Gasteiger partial charge >= 0.3 is 5.97 Å². The van der Waals surface area contributed by atoms with E-state index >= 15 is 0 Å². The van der Waals surface area contributed by atoms with Crippen molar-refractivity contribution in [1.82, 2.24) is 0 Å². The highest BCUT2D eigenvalue weighted by molar-refractivity contribution is 6.31. The van der Waals surface area contributed by atoms with E-state index in [-0.39, 0.29) is 5.97 Å². The van der Waals surface area contributed by atoms with Crippen LogP contribution in [0.2, 0.25) is 5.02 Å². The van der Waals surface area contributed by atoms with Gasteiger partial charge in [0.2, 0.25) is 0 Å².